The van der Waals surface area contributed by atoms with Gasteiger partial charge in [0.25, 0.3) is 10.0 Å². The highest BCUT2D eigenvalue weighted by Crippen LogP contribution is 2.34. The molecule has 33 heavy (non-hydrogen) atoms. The van der Waals surface area contributed by atoms with Crippen LogP contribution in [-0.2, 0) is 16.7 Å². The second-order valence-corrected chi connectivity index (χ2v) is 8.53. The zero-order valence-corrected chi connectivity index (χ0v) is 17.8. The van der Waals surface area contributed by atoms with Gasteiger partial charge in [-0.15, -0.1) is 0 Å². The molecule has 2 aromatic heterocycles. The number of alkyl halides is 1. The molecular formula is C21H16F3N5O3S. The summed E-state index contributed by atoms with van der Waals surface area (Å²) in [6, 6.07) is 7.27. The van der Waals surface area contributed by atoms with Gasteiger partial charge < -0.3 is 10.5 Å². The summed E-state index contributed by atoms with van der Waals surface area (Å²) >= 11 is 0. The Labute approximate surface area is 186 Å². The van der Waals surface area contributed by atoms with E-state index in [1.54, 1.807) is 0 Å². The number of aromatic nitrogens is 3. The van der Waals surface area contributed by atoms with Crippen LogP contribution in [0.15, 0.2) is 53.7 Å². The van der Waals surface area contributed by atoms with E-state index in [1.165, 1.54) is 31.5 Å². The van der Waals surface area contributed by atoms with Crippen molar-refractivity contribution in [3.05, 3.63) is 66.0 Å². The Hall–Kier alpha value is -3.93. The zero-order chi connectivity index (χ0) is 23.8. The van der Waals surface area contributed by atoms with Gasteiger partial charge in [0.05, 0.1) is 23.9 Å². The Morgan fingerprint density at radius 2 is 1.88 bits per heavy atom. The minimum atomic E-state index is -4.46. The maximum Gasteiger partial charge on any atom is 0.267 e. The van der Waals surface area contributed by atoms with Gasteiger partial charge in [-0.3, -0.25) is 4.72 Å². The first kappa shape index (κ1) is 22.3. The molecule has 3 N–H and O–H groups in total. The minimum Gasteiger partial charge on any atom is -0.480 e. The van der Waals surface area contributed by atoms with Crippen LogP contribution >= 0.6 is 0 Å². The maximum absolute atomic E-state index is 15.3. The van der Waals surface area contributed by atoms with Crippen LogP contribution in [0.4, 0.5) is 24.8 Å². The minimum absolute atomic E-state index is 0.0181. The van der Waals surface area contributed by atoms with Gasteiger partial charge in [-0.25, -0.2) is 36.5 Å². The summed E-state index contributed by atoms with van der Waals surface area (Å²) in [7, 11) is -3.28. The lowest BCUT2D eigenvalue weighted by molar-refractivity contribution is 0.383. The third-order valence-corrected chi connectivity index (χ3v) is 6.09. The number of nitrogen functional groups attached to an aromatic ring is 1. The van der Waals surface area contributed by atoms with Crippen LogP contribution in [0.25, 0.3) is 22.0 Å². The molecule has 0 aliphatic rings. The highest BCUT2D eigenvalue weighted by molar-refractivity contribution is 7.92. The number of nitrogens with two attached hydrogens (primary N) is 1. The summed E-state index contributed by atoms with van der Waals surface area (Å²) in [6.07, 6.45) is 2.52. The Kier molecular flexibility index (Phi) is 5.77. The Balaban J connectivity index is 1.79. The Bertz CT molecular complexity index is 1480. The molecule has 2 aromatic carbocycles. The quantitative estimate of drug-likeness (QED) is 0.435. The van der Waals surface area contributed by atoms with Crippen molar-refractivity contribution in [1.29, 1.82) is 0 Å². The highest BCUT2D eigenvalue weighted by Gasteiger charge is 2.25. The van der Waals surface area contributed by atoms with Crippen LogP contribution in [0, 0.1) is 11.6 Å². The molecule has 170 valence electrons. The van der Waals surface area contributed by atoms with Crippen LogP contribution in [-0.4, -0.2) is 30.5 Å². The van der Waals surface area contributed by atoms with E-state index < -0.39 is 44.5 Å². The largest absolute Gasteiger partial charge is 0.480 e. The van der Waals surface area contributed by atoms with Gasteiger partial charge in [0, 0.05) is 23.3 Å². The van der Waals surface area contributed by atoms with E-state index in [0.29, 0.717) is 10.9 Å². The number of fused-ring (bicyclic) bond motifs is 1. The molecule has 0 unspecified atom stereocenters. The van der Waals surface area contributed by atoms with Crippen molar-refractivity contribution in [2.45, 2.75) is 11.6 Å². The molecule has 4 aromatic rings. The number of anilines is 2. The molecule has 0 fully saturated rings. The topological polar surface area (TPSA) is 120 Å². The number of hydrogen-bond donors (Lipinski definition) is 2. The standard InChI is InChI=1S/C21H16F3N5O3S/c1-32-20-17(6-11(8-22)9-26-20)33(30,31)29-16-5-3-14(23)18(19(16)24)12-2-4-15-13(7-12)10-27-21(25)28-15/h2-7,9-10,29H,8H2,1H3,(H2,25,27,28). The predicted octanol–water partition coefficient (Wildman–Crippen LogP) is 3.83. The van der Waals surface area contributed by atoms with Gasteiger partial charge in [0.1, 0.15) is 17.4 Å². The van der Waals surface area contributed by atoms with E-state index in [4.69, 9.17) is 10.5 Å². The number of methoxy groups -OCH3 is 1. The first-order chi connectivity index (χ1) is 15.7. The van der Waals surface area contributed by atoms with Crippen LogP contribution in [0.2, 0.25) is 0 Å². The molecule has 8 nitrogen and oxygen atoms in total. The maximum atomic E-state index is 15.3. The molecule has 0 amide bonds. The van der Waals surface area contributed by atoms with Gasteiger partial charge in [0.15, 0.2) is 5.82 Å². The molecule has 0 atom stereocenters. The summed E-state index contributed by atoms with van der Waals surface area (Å²) in [5.74, 6) is -2.32. The number of nitrogens with zero attached hydrogens (tertiary/aromatic N) is 3. The van der Waals surface area contributed by atoms with Crippen molar-refractivity contribution >= 4 is 32.6 Å². The number of ether oxygens (including phenoxy) is 1. The fourth-order valence-electron chi connectivity index (χ4n) is 3.19. The molecule has 0 radical (unpaired) electrons. The van der Waals surface area contributed by atoms with Crippen molar-refractivity contribution in [2.24, 2.45) is 0 Å². The molecule has 2 heterocycles. The van der Waals surface area contributed by atoms with Gasteiger partial charge in [-0.2, -0.15) is 0 Å². The van der Waals surface area contributed by atoms with Crippen LogP contribution < -0.4 is 15.2 Å². The first-order valence-corrected chi connectivity index (χ1v) is 10.8. The van der Waals surface area contributed by atoms with E-state index in [-0.39, 0.29) is 23.0 Å². The Morgan fingerprint density at radius 1 is 1.09 bits per heavy atom. The molecule has 4 rings (SSSR count). The molecule has 0 aliphatic heterocycles. The van der Waals surface area contributed by atoms with Crippen molar-refractivity contribution in [1.82, 2.24) is 15.0 Å². The van der Waals surface area contributed by atoms with Gasteiger partial charge in [-0.1, -0.05) is 6.07 Å². The second-order valence-electron chi connectivity index (χ2n) is 6.88. The number of benzene rings is 2. The molecular weight excluding hydrogens is 459 g/mol. The normalized spacial score (nSPS) is 11.5. The molecule has 0 aliphatic carbocycles. The fourth-order valence-corrected chi connectivity index (χ4v) is 4.42. The summed E-state index contributed by atoms with van der Waals surface area (Å²) in [4.78, 5) is 11.2. The summed E-state index contributed by atoms with van der Waals surface area (Å²) in [5.41, 5.74) is 5.14. The van der Waals surface area contributed by atoms with Gasteiger partial charge >= 0.3 is 0 Å². The lowest BCUT2D eigenvalue weighted by Gasteiger charge is -2.14. The SMILES string of the molecule is COc1ncc(CF)cc1S(=O)(=O)Nc1ccc(F)c(-c2ccc3nc(N)ncc3c2)c1F. The van der Waals surface area contributed by atoms with Crippen LogP contribution in [0.3, 0.4) is 0 Å². The number of halogens is 3. The van der Waals surface area contributed by atoms with Crippen molar-refractivity contribution in [2.75, 3.05) is 17.6 Å². The highest BCUT2D eigenvalue weighted by atomic mass is 32.2. The number of rotatable bonds is 6. The molecule has 0 saturated carbocycles. The Morgan fingerprint density at radius 3 is 2.61 bits per heavy atom. The molecule has 0 saturated heterocycles. The van der Waals surface area contributed by atoms with Crippen molar-refractivity contribution in [3.8, 4) is 17.0 Å². The van der Waals surface area contributed by atoms with Gasteiger partial charge in [0.2, 0.25) is 11.8 Å². The van der Waals surface area contributed by atoms with E-state index in [2.05, 4.69) is 19.7 Å². The van der Waals surface area contributed by atoms with Crippen LogP contribution in [0.5, 0.6) is 5.88 Å². The van der Waals surface area contributed by atoms with E-state index in [0.717, 1.165) is 24.4 Å². The summed E-state index contributed by atoms with van der Waals surface area (Å²) < 4.78 is 75.8. The monoisotopic (exact) mass is 475 g/mol. The second kappa shape index (κ2) is 8.54. The lowest BCUT2D eigenvalue weighted by atomic mass is 10.0. The smallest absolute Gasteiger partial charge is 0.267 e. The third kappa shape index (κ3) is 4.24. The molecule has 0 spiro atoms. The van der Waals surface area contributed by atoms with Crippen molar-refractivity contribution in [3.63, 3.8) is 0 Å². The number of sulfonamides is 1. The first-order valence-electron chi connectivity index (χ1n) is 9.36. The van der Waals surface area contributed by atoms with Crippen LogP contribution in [0.1, 0.15) is 5.56 Å². The van der Waals surface area contributed by atoms with E-state index >= 15 is 4.39 Å². The lowest BCUT2D eigenvalue weighted by Crippen LogP contribution is -2.16. The summed E-state index contributed by atoms with van der Waals surface area (Å²) in [5, 5.41) is 0.477. The fraction of sp³-hybridized carbons (Fsp3) is 0.0952. The number of hydrogen-bond acceptors (Lipinski definition) is 7. The van der Waals surface area contributed by atoms with Crippen molar-refractivity contribution < 1.29 is 26.3 Å². The number of nitrogens with one attached hydrogen (secondary N) is 1. The third-order valence-electron chi connectivity index (χ3n) is 4.73. The zero-order valence-electron chi connectivity index (χ0n) is 17.0. The number of pyridine rings is 1. The predicted molar refractivity (Wildman–Crippen MR) is 116 cm³/mol. The molecule has 12 heteroatoms. The molecule has 0 bridgehead atoms. The van der Waals surface area contributed by atoms with Gasteiger partial charge in [-0.05, 0) is 35.9 Å². The van der Waals surface area contributed by atoms with E-state index in [9.17, 15) is 17.2 Å². The van der Waals surface area contributed by atoms with E-state index in [1.807, 2.05) is 0 Å². The summed E-state index contributed by atoms with van der Waals surface area (Å²) in [6.45, 7) is -0.966. The average molecular weight is 475 g/mol. The average Bonchev–Trinajstić information content (AvgIpc) is 2.80.